The number of aryl methyl sites for hydroxylation is 1. The van der Waals surface area contributed by atoms with E-state index in [0.717, 1.165) is 10.4 Å². The van der Waals surface area contributed by atoms with Crippen LogP contribution < -0.4 is 5.32 Å². The molecule has 0 unspecified atom stereocenters. The minimum atomic E-state index is -0.425. The number of benzene rings is 1. The van der Waals surface area contributed by atoms with Crippen molar-refractivity contribution in [2.45, 2.75) is 20.8 Å². The van der Waals surface area contributed by atoms with Crippen LogP contribution in [-0.2, 0) is 9.53 Å². The summed E-state index contributed by atoms with van der Waals surface area (Å²) in [5, 5.41) is 3.82. The highest BCUT2D eigenvalue weighted by molar-refractivity contribution is 7.16. The van der Waals surface area contributed by atoms with Gasteiger partial charge in [-0.1, -0.05) is 23.7 Å². The zero-order valence-electron chi connectivity index (χ0n) is 17.9. The van der Waals surface area contributed by atoms with Crippen molar-refractivity contribution in [3.63, 3.8) is 0 Å². The maximum absolute atomic E-state index is 12.7. The standard InChI is InChI=1S/C22H26ClN3O4S/c1-4-30-22(29)19-14(2)15(3)31-20(19)24-18(27)13-25-9-11-26(12-10-25)21(28)16-7-5-6-8-17(16)23/h5-8H,4,9-13H2,1-3H3,(H,24,27). The highest BCUT2D eigenvalue weighted by Gasteiger charge is 2.26. The lowest BCUT2D eigenvalue weighted by Gasteiger charge is -2.34. The number of thiophene rings is 1. The van der Waals surface area contributed by atoms with Crippen molar-refractivity contribution in [3.8, 4) is 0 Å². The van der Waals surface area contributed by atoms with Crippen LogP contribution in [0.25, 0.3) is 0 Å². The lowest BCUT2D eigenvalue weighted by atomic mass is 10.1. The van der Waals surface area contributed by atoms with Gasteiger partial charge in [-0.05, 0) is 38.5 Å². The first-order chi connectivity index (χ1) is 14.8. The van der Waals surface area contributed by atoms with Crippen LogP contribution in [0.2, 0.25) is 5.02 Å². The van der Waals surface area contributed by atoms with Gasteiger partial charge >= 0.3 is 5.97 Å². The summed E-state index contributed by atoms with van der Waals surface area (Å²) in [4.78, 5) is 42.3. The number of rotatable bonds is 6. The summed E-state index contributed by atoms with van der Waals surface area (Å²) in [6, 6.07) is 7.00. The van der Waals surface area contributed by atoms with Crippen molar-refractivity contribution in [1.82, 2.24) is 9.80 Å². The van der Waals surface area contributed by atoms with Crippen molar-refractivity contribution in [2.75, 3.05) is 44.6 Å². The Kier molecular flexibility index (Phi) is 7.69. The molecule has 31 heavy (non-hydrogen) atoms. The lowest BCUT2D eigenvalue weighted by molar-refractivity contribution is -0.117. The largest absolute Gasteiger partial charge is 0.462 e. The summed E-state index contributed by atoms with van der Waals surface area (Å²) in [6.45, 7) is 8.17. The molecule has 1 fully saturated rings. The maximum atomic E-state index is 12.7. The summed E-state index contributed by atoms with van der Waals surface area (Å²) in [5.74, 6) is -0.720. The van der Waals surface area contributed by atoms with Gasteiger partial charge in [0, 0.05) is 31.1 Å². The molecular formula is C22H26ClN3O4S. The molecule has 0 atom stereocenters. The minimum absolute atomic E-state index is 0.0988. The molecule has 2 aromatic rings. The molecule has 1 aliphatic heterocycles. The van der Waals surface area contributed by atoms with Crippen LogP contribution in [0, 0.1) is 13.8 Å². The number of hydrogen-bond acceptors (Lipinski definition) is 6. The second kappa shape index (κ2) is 10.3. The zero-order chi connectivity index (χ0) is 22.5. The third kappa shape index (κ3) is 5.44. The van der Waals surface area contributed by atoms with Crippen LogP contribution in [0.4, 0.5) is 5.00 Å². The van der Waals surface area contributed by atoms with E-state index in [1.54, 1.807) is 36.1 Å². The van der Waals surface area contributed by atoms with Gasteiger partial charge in [0.05, 0.1) is 29.3 Å². The van der Waals surface area contributed by atoms with E-state index in [2.05, 4.69) is 5.32 Å². The molecule has 1 aromatic carbocycles. The molecule has 1 saturated heterocycles. The molecular weight excluding hydrogens is 438 g/mol. The van der Waals surface area contributed by atoms with E-state index in [-0.39, 0.29) is 25.0 Å². The summed E-state index contributed by atoms with van der Waals surface area (Å²) in [6.07, 6.45) is 0. The molecule has 3 rings (SSSR count). The average molecular weight is 464 g/mol. The number of ether oxygens (including phenoxy) is 1. The Morgan fingerprint density at radius 1 is 1.13 bits per heavy atom. The molecule has 1 aromatic heterocycles. The number of amides is 2. The van der Waals surface area contributed by atoms with E-state index < -0.39 is 5.97 Å². The van der Waals surface area contributed by atoms with Crippen molar-refractivity contribution >= 4 is 45.7 Å². The Morgan fingerprint density at radius 3 is 2.45 bits per heavy atom. The molecule has 2 amide bonds. The Morgan fingerprint density at radius 2 is 1.81 bits per heavy atom. The fourth-order valence-corrected chi connectivity index (χ4v) is 4.73. The van der Waals surface area contributed by atoms with E-state index in [0.29, 0.717) is 47.3 Å². The quantitative estimate of drug-likeness (QED) is 0.662. The summed E-state index contributed by atoms with van der Waals surface area (Å²) < 4.78 is 5.13. The van der Waals surface area contributed by atoms with Crippen LogP contribution >= 0.6 is 22.9 Å². The SMILES string of the molecule is CCOC(=O)c1c(NC(=O)CN2CCN(C(=O)c3ccccc3Cl)CC2)sc(C)c1C. The number of carbonyl (C=O) groups is 3. The van der Waals surface area contributed by atoms with Gasteiger partial charge in [0.1, 0.15) is 5.00 Å². The normalized spacial score (nSPS) is 14.4. The Balaban J connectivity index is 1.56. The first kappa shape index (κ1) is 23.2. The second-order valence-corrected chi connectivity index (χ2v) is 8.94. The van der Waals surface area contributed by atoms with Gasteiger partial charge in [0.2, 0.25) is 5.91 Å². The number of piperazine rings is 1. The summed E-state index contributed by atoms with van der Waals surface area (Å²) >= 11 is 7.51. The van der Waals surface area contributed by atoms with Crippen molar-refractivity contribution < 1.29 is 19.1 Å². The molecule has 9 heteroatoms. The minimum Gasteiger partial charge on any atom is -0.462 e. The first-order valence-corrected chi connectivity index (χ1v) is 11.3. The predicted octanol–water partition coefficient (Wildman–Crippen LogP) is 3.59. The van der Waals surface area contributed by atoms with Gasteiger partial charge in [-0.15, -0.1) is 11.3 Å². The highest BCUT2D eigenvalue weighted by Crippen LogP contribution is 2.33. The third-order valence-electron chi connectivity index (χ3n) is 5.25. The van der Waals surface area contributed by atoms with E-state index >= 15 is 0 Å². The van der Waals surface area contributed by atoms with Gasteiger partial charge in [-0.3, -0.25) is 14.5 Å². The summed E-state index contributed by atoms with van der Waals surface area (Å²) in [7, 11) is 0. The Bertz CT molecular complexity index is 983. The van der Waals surface area contributed by atoms with Crippen molar-refractivity contribution in [2.24, 2.45) is 0 Å². The van der Waals surface area contributed by atoms with E-state index in [1.807, 2.05) is 18.7 Å². The monoisotopic (exact) mass is 463 g/mol. The molecule has 0 bridgehead atoms. The van der Waals surface area contributed by atoms with Gasteiger partial charge in [-0.25, -0.2) is 4.79 Å². The lowest BCUT2D eigenvalue weighted by Crippen LogP contribution is -2.50. The highest BCUT2D eigenvalue weighted by atomic mass is 35.5. The topological polar surface area (TPSA) is 79.0 Å². The smallest absolute Gasteiger partial charge is 0.341 e. The number of hydrogen-bond donors (Lipinski definition) is 1. The molecule has 7 nitrogen and oxygen atoms in total. The zero-order valence-corrected chi connectivity index (χ0v) is 19.4. The van der Waals surface area contributed by atoms with Crippen LogP contribution in [0.1, 0.15) is 38.1 Å². The van der Waals surface area contributed by atoms with E-state index in [9.17, 15) is 14.4 Å². The van der Waals surface area contributed by atoms with Crippen LogP contribution in [0.3, 0.4) is 0 Å². The van der Waals surface area contributed by atoms with E-state index in [1.165, 1.54) is 11.3 Å². The summed E-state index contributed by atoms with van der Waals surface area (Å²) in [5.41, 5.74) is 1.74. The van der Waals surface area contributed by atoms with Gasteiger partial charge < -0.3 is 15.0 Å². The van der Waals surface area contributed by atoms with Crippen molar-refractivity contribution in [3.05, 3.63) is 50.9 Å². The van der Waals surface area contributed by atoms with Crippen LogP contribution in [-0.4, -0.2) is 66.9 Å². The molecule has 0 spiro atoms. The average Bonchev–Trinajstić information content (AvgIpc) is 3.01. The Hall–Kier alpha value is -2.42. The fraction of sp³-hybridized carbons (Fsp3) is 0.409. The number of anilines is 1. The number of carbonyl (C=O) groups excluding carboxylic acids is 3. The Labute approximate surface area is 190 Å². The second-order valence-electron chi connectivity index (χ2n) is 7.30. The predicted molar refractivity (Wildman–Crippen MR) is 122 cm³/mol. The molecule has 2 heterocycles. The van der Waals surface area contributed by atoms with Gasteiger partial charge in [0.25, 0.3) is 5.91 Å². The number of nitrogens with zero attached hydrogens (tertiary/aromatic N) is 2. The van der Waals surface area contributed by atoms with Crippen LogP contribution in [0.15, 0.2) is 24.3 Å². The number of halogens is 1. The van der Waals surface area contributed by atoms with Crippen molar-refractivity contribution in [1.29, 1.82) is 0 Å². The fourth-order valence-electron chi connectivity index (χ4n) is 3.45. The molecule has 166 valence electrons. The molecule has 1 N–H and O–H groups in total. The van der Waals surface area contributed by atoms with E-state index in [4.69, 9.17) is 16.3 Å². The molecule has 0 saturated carbocycles. The molecule has 1 aliphatic rings. The van der Waals surface area contributed by atoms with Gasteiger partial charge in [0.15, 0.2) is 0 Å². The van der Waals surface area contributed by atoms with Crippen LogP contribution in [0.5, 0.6) is 0 Å². The third-order valence-corrected chi connectivity index (χ3v) is 6.70. The maximum Gasteiger partial charge on any atom is 0.341 e. The first-order valence-electron chi connectivity index (χ1n) is 10.1. The molecule has 0 aliphatic carbocycles. The number of nitrogens with one attached hydrogen (secondary N) is 1. The number of esters is 1. The molecule has 0 radical (unpaired) electrons. The van der Waals surface area contributed by atoms with Gasteiger partial charge in [-0.2, -0.15) is 0 Å².